The summed E-state index contributed by atoms with van der Waals surface area (Å²) in [7, 11) is 0. The van der Waals surface area contributed by atoms with Gasteiger partial charge in [-0.3, -0.25) is 9.59 Å². The maximum absolute atomic E-state index is 12.7. The van der Waals surface area contributed by atoms with E-state index in [9.17, 15) is 9.59 Å². The third-order valence-corrected chi connectivity index (χ3v) is 3.81. The van der Waals surface area contributed by atoms with Gasteiger partial charge in [0.05, 0.1) is 23.9 Å². The van der Waals surface area contributed by atoms with Crippen molar-refractivity contribution in [3.8, 4) is 11.5 Å². The number of carbonyl (C=O) groups is 2. The van der Waals surface area contributed by atoms with E-state index in [0.717, 1.165) is 0 Å². The number of aromatic nitrogens is 5. The summed E-state index contributed by atoms with van der Waals surface area (Å²) in [5, 5.41) is 23.0. The summed E-state index contributed by atoms with van der Waals surface area (Å²) >= 11 is 0. The van der Waals surface area contributed by atoms with Crippen molar-refractivity contribution < 1.29 is 19.2 Å². The Morgan fingerprint density at radius 2 is 2.00 bits per heavy atom. The van der Waals surface area contributed by atoms with Gasteiger partial charge < -0.3 is 14.9 Å². The first-order chi connectivity index (χ1) is 13.2. The molecule has 1 amide bonds. The topological polar surface area (TPSA) is 136 Å². The zero-order valence-electron chi connectivity index (χ0n) is 15.7. The van der Waals surface area contributed by atoms with Crippen molar-refractivity contribution in [3.63, 3.8) is 0 Å². The van der Waals surface area contributed by atoms with Crippen LogP contribution in [0.2, 0.25) is 0 Å². The lowest BCUT2D eigenvalue weighted by molar-refractivity contribution is -0.137. The molecule has 2 heterocycles. The van der Waals surface area contributed by atoms with E-state index in [1.165, 1.54) is 10.9 Å². The second-order valence-corrected chi connectivity index (χ2v) is 7.20. The minimum atomic E-state index is -1.02. The molecular formula is C18H20N6O4. The van der Waals surface area contributed by atoms with E-state index in [0.29, 0.717) is 22.6 Å². The molecule has 0 spiro atoms. The number of hydrogen-bond donors (Lipinski definition) is 2. The summed E-state index contributed by atoms with van der Waals surface area (Å²) < 4.78 is 6.53. The number of amides is 1. The molecule has 0 aliphatic rings. The first kappa shape index (κ1) is 19.2. The Labute approximate surface area is 160 Å². The van der Waals surface area contributed by atoms with Gasteiger partial charge in [-0.2, -0.15) is 4.98 Å². The van der Waals surface area contributed by atoms with Crippen LogP contribution >= 0.6 is 0 Å². The number of aliphatic carboxylic acids is 1. The van der Waals surface area contributed by atoms with Crippen molar-refractivity contribution in [2.45, 2.75) is 39.3 Å². The van der Waals surface area contributed by atoms with Gasteiger partial charge in [-0.15, -0.1) is 5.10 Å². The van der Waals surface area contributed by atoms with E-state index < -0.39 is 5.97 Å². The third kappa shape index (κ3) is 4.40. The lowest BCUT2D eigenvalue weighted by atomic mass is 9.96. The van der Waals surface area contributed by atoms with E-state index in [1.807, 2.05) is 20.8 Å². The minimum absolute atomic E-state index is 0.101. The number of carboxylic acids is 1. The van der Waals surface area contributed by atoms with Crippen molar-refractivity contribution in [3.05, 3.63) is 47.5 Å². The number of hydrogen-bond acceptors (Lipinski definition) is 7. The molecule has 2 aromatic heterocycles. The Hall–Kier alpha value is -3.56. The van der Waals surface area contributed by atoms with E-state index in [-0.39, 0.29) is 30.3 Å². The Bertz CT molecular complexity index is 1000. The minimum Gasteiger partial charge on any atom is -0.480 e. The van der Waals surface area contributed by atoms with E-state index in [4.69, 9.17) is 9.63 Å². The highest BCUT2D eigenvalue weighted by Gasteiger charge is 2.23. The molecule has 2 N–H and O–H groups in total. The zero-order chi connectivity index (χ0) is 20.3. The number of nitrogens with one attached hydrogen (secondary N) is 1. The van der Waals surface area contributed by atoms with Gasteiger partial charge >= 0.3 is 5.97 Å². The molecule has 0 unspecified atom stereocenters. The molecule has 0 saturated heterocycles. The van der Waals surface area contributed by atoms with Gasteiger partial charge in [0.1, 0.15) is 12.2 Å². The molecule has 0 atom stereocenters. The van der Waals surface area contributed by atoms with Gasteiger partial charge in [0.2, 0.25) is 0 Å². The predicted molar refractivity (Wildman–Crippen MR) is 97.3 cm³/mol. The van der Waals surface area contributed by atoms with Crippen molar-refractivity contribution in [2.24, 2.45) is 0 Å². The van der Waals surface area contributed by atoms with E-state index in [1.54, 1.807) is 24.3 Å². The highest BCUT2D eigenvalue weighted by molar-refractivity contribution is 5.99. The smallest absolute Gasteiger partial charge is 0.325 e. The summed E-state index contributed by atoms with van der Waals surface area (Å²) in [4.78, 5) is 27.7. The van der Waals surface area contributed by atoms with Gasteiger partial charge in [0.25, 0.3) is 11.8 Å². The molecule has 10 heteroatoms. The first-order valence-corrected chi connectivity index (χ1v) is 8.56. The maximum atomic E-state index is 12.7. The molecule has 0 aliphatic heterocycles. The Kier molecular flexibility index (Phi) is 5.21. The largest absolute Gasteiger partial charge is 0.480 e. The molecule has 10 nitrogen and oxygen atoms in total. The monoisotopic (exact) mass is 384 g/mol. The average Bonchev–Trinajstić information content (AvgIpc) is 3.28. The molecule has 3 rings (SSSR count). The van der Waals surface area contributed by atoms with Crippen LogP contribution < -0.4 is 5.32 Å². The first-order valence-electron chi connectivity index (χ1n) is 8.56. The van der Waals surface area contributed by atoms with Crippen LogP contribution in [0.5, 0.6) is 0 Å². The second kappa shape index (κ2) is 7.59. The van der Waals surface area contributed by atoms with E-state index in [2.05, 4.69) is 25.8 Å². The number of carbonyl (C=O) groups excluding carboxylic acids is 1. The van der Waals surface area contributed by atoms with Gasteiger partial charge in [-0.1, -0.05) is 43.3 Å². The molecule has 0 saturated carbocycles. The molecule has 3 aromatic rings. The van der Waals surface area contributed by atoms with Crippen molar-refractivity contribution in [2.75, 3.05) is 0 Å². The van der Waals surface area contributed by atoms with Gasteiger partial charge in [0.15, 0.2) is 5.82 Å². The van der Waals surface area contributed by atoms with Crippen molar-refractivity contribution in [1.82, 2.24) is 30.5 Å². The predicted octanol–water partition coefficient (Wildman–Crippen LogP) is 1.64. The van der Waals surface area contributed by atoms with Crippen LogP contribution in [0.4, 0.5) is 0 Å². The molecule has 0 bridgehead atoms. The van der Waals surface area contributed by atoms with Gasteiger partial charge in [0, 0.05) is 5.41 Å². The lowest BCUT2D eigenvalue weighted by Gasteiger charge is -2.11. The molecule has 28 heavy (non-hydrogen) atoms. The molecule has 0 aliphatic carbocycles. The fraction of sp³-hybridized carbons (Fsp3) is 0.333. The lowest BCUT2D eigenvalue weighted by Crippen LogP contribution is -2.23. The van der Waals surface area contributed by atoms with Gasteiger partial charge in [-0.25, -0.2) is 4.68 Å². The molecular weight excluding hydrogens is 364 g/mol. The Morgan fingerprint density at radius 3 is 2.68 bits per heavy atom. The summed E-state index contributed by atoms with van der Waals surface area (Å²) in [5.74, 6) is -0.557. The normalized spacial score (nSPS) is 11.4. The number of nitrogens with zero attached hydrogens (tertiary/aromatic N) is 5. The highest BCUT2D eigenvalue weighted by atomic mass is 16.5. The highest BCUT2D eigenvalue weighted by Crippen LogP contribution is 2.26. The van der Waals surface area contributed by atoms with Crippen LogP contribution in [0.25, 0.3) is 11.5 Å². The Balaban J connectivity index is 1.75. The molecule has 0 fully saturated rings. The summed E-state index contributed by atoms with van der Waals surface area (Å²) in [6, 6.07) is 6.91. The fourth-order valence-electron chi connectivity index (χ4n) is 2.41. The Morgan fingerprint density at radius 1 is 1.25 bits per heavy atom. The van der Waals surface area contributed by atoms with Crippen LogP contribution in [0.1, 0.15) is 42.6 Å². The van der Waals surface area contributed by atoms with E-state index >= 15 is 0 Å². The third-order valence-electron chi connectivity index (χ3n) is 3.81. The summed E-state index contributed by atoms with van der Waals surface area (Å²) in [6.07, 6.45) is 1.47. The molecule has 0 radical (unpaired) electrons. The summed E-state index contributed by atoms with van der Waals surface area (Å²) in [6.45, 7) is 5.72. The van der Waals surface area contributed by atoms with Crippen molar-refractivity contribution in [1.29, 1.82) is 0 Å². The van der Waals surface area contributed by atoms with Crippen LogP contribution in [0.15, 0.2) is 35.0 Å². The van der Waals surface area contributed by atoms with Gasteiger partial charge in [-0.05, 0) is 12.1 Å². The van der Waals surface area contributed by atoms with Crippen LogP contribution in [-0.2, 0) is 23.3 Å². The number of rotatable bonds is 6. The average molecular weight is 384 g/mol. The molecule has 146 valence electrons. The van der Waals surface area contributed by atoms with Crippen LogP contribution in [-0.4, -0.2) is 42.1 Å². The van der Waals surface area contributed by atoms with Crippen LogP contribution in [0.3, 0.4) is 0 Å². The second-order valence-electron chi connectivity index (χ2n) is 7.20. The number of carboxylic acid groups (broad SMARTS) is 1. The fourth-order valence-corrected chi connectivity index (χ4v) is 2.41. The SMILES string of the molecule is CC(C)(C)c1noc(-c2ccccc2C(=O)NCc2cn(CC(=O)O)nn2)n1. The van der Waals surface area contributed by atoms with Crippen molar-refractivity contribution >= 4 is 11.9 Å². The summed E-state index contributed by atoms with van der Waals surface area (Å²) in [5.41, 5.74) is 1.07. The zero-order valence-corrected chi connectivity index (χ0v) is 15.7. The standard InChI is InChI=1S/C18H20N6O4/c1-18(2,3)17-20-16(28-22-17)13-7-5-4-6-12(13)15(27)19-8-11-9-24(23-21-11)10-14(25)26/h4-7,9H,8,10H2,1-3H3,(H,19,27)(H,25,26). The number of benzene rings is 1. The molecule has 1 aromatic carbocycles. The quantitative estimate of drug-likeness (QED) is 0.654. The van der Waals surface area contributed by atoms with Crippen LogP contribution in [0, 0.1) is 0 Å². The maximum Gasteiger partial charge on any atom is 0.325 e.